The van der Waals surface area contributed by atoms with Crippen molar-refractivity contribution in [2.24, 2.45) is 5.92 Å². The van der Waals surface area contributed by atoms with E-state index in [4.69, 9.17) is 0 Å². The Labute approximate surface area is 107 Å². The molecule has 1 atom stereocenters. The number of likely N-dealkylation sites (N-methyl/N-ethyl adjacent to an activating group) is 1. The summed E-state index contributed by atoms with van der Waals surface area (Å²) in [5.74, 6) is 0.483. The van der Waals surface area contributed by atoms with E-state index in [2.05, 4.69) is 31.4 Å². The summed E-state index contributed by atoms with van der Waals surface area (Å²) in [5, 5.41) is 6.69. The molecule has 0 aliphatic rings. The summed E-state index contributed by atoms with van der Waals surface area (Å²) >= 11 is 0. The zero-order valence-corrected chi connectivity index (χ0v) is 12.2. The highest BCUT2D eigenvalue weighted by molar-refractivity contribution is 5.85. The summed E-state index contributed by atoms with van der Waals surface area (Å²) in [4.78, 5) is 11.9. The van der Waals surface area contributed by atoms with Crippen LogP contribution in [-0.4, -0.2) is 31.0 Å². The molecular formula is C14H30N2O. The molecule has 0 aromatic carbocycles. The fourth-order valence-corrected chi connectivity index (χ4v) is 1.86. The number of carbonyl (C=O) groups is 1. The number of hydrogen-bond acceptors (Lipinski definition) is 3. The third-order valence-corrected chi connectivity index (χ3v) is 2.84. The zero-order chi connectivity index (χ0) is 13.3. The van der Waals surface area contributed by atoms with Gasteiger partial charge in [0.25, 0.3) is 0 Å². The van der Waals surface area contributed by atoms with E-state index in [9.17, 15) is 4.79 Å². The van der Waals surface area contributed by atoms with Crippen LogP contribution in [0.25, 0.3) is 0 Å². The average molecular weight is 242 g/mol. The lowest BCUT2D eigenvalue weighted by atomic mass is 9.97. The normalized spacial score (nSPS) is 13.4. The second-order valence-electron chi connectivity index (χ2n) is 5.27. The van der Waals surface area contributed by atoms with E-state index in [1.807, 2.05) is 13.8 Å². The molecule has 0 aliphatic carbocycles. The standard InChI is InChI=1S/C14H30N2O/c1-6-15-13(14(17)11(2)3)9-7-8-10-16-12(4)5/h11-13,15-16H,6-10H2,1-5H3/t13-/m0/s1. The highest BCUT2D eigenvalue weighted by atomic mass is 16.1. The van der Waals surface area contributed by atoms with E-state index < -0.39 is 0 Å². The maximum atomic E-state index is 11.9. The Morgan fingerprint density at radius 2 is 1.71 bits per heavy atom. The molecule has 0 saturated carbocycles. The first kappa shape index (κ1) is 16.6. The summed E-state index contributed by atoms with van der Waals surface area (Å²) in [6.45, 7) is 12.2. The van der Waals surface area contributed by atoms with Gasteiger partial charge in [-0.2, -0.15) is 0 Å². The van der Waals surface area contributed by atoms with Gasteiger partial charge in [0, 0.05) is 12.0 Å². The van der Waals surface area contributed by atoms with Gasteiger partial charge >= 0.3 is 0 Å². The van der Waals surface area contributed by atoms with E-state index in [0.717, 1.165) is 32.4 Å². The first-order valence-corrected chi connectivity index (χ1v) is 6.99. The minimum Gasteiger partial charge on any atom is -0.315 e. The number of Topliss-reactive ketones (excluding diaryl/α,β-unsaturated/α-hetero) is 1. The van der Waals surface area contributed by atoms with Crippen molar-refractivity contribution in [1.29, 1.82) is 0 Å². The van der Waals surface area contributed by atoms with E-state index in [1.54, 1.807) is 0 Å². The number of hydrogen-bond donors (Lipinski definition) is 2. The van der Waals surface area contributed by atoms with Crippen molar-refractivity contribution in [2.75, 3.05) is 13.1 Å². The first-order valence-electron chi connectivity index (χ1n) is 6.99. The van der Waals surface area contributed by atoms with Gasteiger partial charge in [-0.25, -0.2) is 0 Å². The topological polar surface area (TPSA) is 41.1 Å². The van der Waals surface area contributed by atoms with Crippen LogP contribution in [0.5, 0.6) is 0 Å². The Morgan fingerprint density at radius 3 is 2.18 bits per heavy atom. The van der Waals surface area contributed by atoms with Crippen molar-refractivity contribution < 1.29 is 4.79 Å². The predicted molar refractivity (Wildman–Crippen MR) is 74.3 cm³/mol. The molecule has 0 spiro atoms. The van der Waals surface area contributed by atoms with Crippen LogP contribution in [0, 0.1) is 5.92 Å². The lowest BCUT2D eigenvalue weighted by Gasteiger charge is -2.18. The van der Waals surface area contributed by atoms with E-state index in [1.165, 1.54) is 0 Å². The number of rotatable bonds is 10. The molecule has 0 aliphatic heterocycles. The molecule has 3 heteroatoms. The summed E-state index contributed by atoms with van der Waals surface area (Å²) in [6.07, 6.45) is 3.21. The lowest BCUT2D eigenvalue weighted by molar-refractivity contribution is -0.124. The molecule has 2 N–H and O–H groups in total. The molecule has 0 bridgehead atoms. The number of ketones is 1. The van der Waals surface area contributed by atoms with Gasteiger partial charge in [0.15, 0.2) is 5.78 Å². The van der Waals surface area contributed by atoms with E-state index in [-0.39, 0.29) is 12.0 Å². The van der Waals surface area contributed by atoms with E-state index in [0.29, 0.717) is 11.8 Å². The number of carbonyl (C=O) groups excluding carboxylic acids is 1. The van der Waals surface area contributed by atoms with Crippen molar-refractivity contribution in [3.05, 3.63) is 0 Å². The van der Waals surface area contributed by atoms with Gasteiger partial charge in [-0.1, -0.05) is 41.0 Å². The highest BCUT2D eigenvalue weighted by Gasteiger charge is 2.19. The quantitative estimate of drug-likeness (QED) is 0.578. The molecule has 0 aromatic rings. The third kappa shape index (κ3) is 8.33. The number of nitrogens with one attached hydrogen (secondary N) is 2. The average Bonchev–Trinajstić information content (AvgIpc) is 2.25. The predicted octanol–water partition coefficient (Wildman–Crippen LogP) is 2.36. The summed E-state index contributed by atoms with van der Waals surface area (Å²) in [5.41, 5.74) is 0. The van der Waals surface area contributed by atoms with E-state index >= 15 is 0 Å². The smallest absolute Gasteiger partial charge is 0.152 e. The Morgan fingerprint density at radius 1 is 1.06 bits per heavy atom. The Kier molecular flexibility index (Phi) is 9.37. The van der Waals surface area contributed by atoms with Crippen molar-refractivity contribution in [3.8, 4) is 0 Å². The van der Waals surface area contributed by atoms with Gasteiger partial charge in [-0.3, -0.25) is 4.79 Å². The van der Waals surface area contributed by atoms with Gasteiger partial charge < -0.3 is 10.6 Å². The molecule has 0 aromatic heterocycles. The largest absolute Gasteiger partial charge is 0.315 e. The van der Waals surface area contributed by atoms with Crippen LogP contribution in [0.1, 0.15) is 53.9 Å². The van der Waals surface area contributed by atoms with Crippen LogP contribution in [0.15, 0.2) is 0 Å². The fourth-order valence-electron chi connectivity index (χ4n) is 1.86. The van der Waals surface area contributed by atoms with Gasteiger partial charge in [-0.15, -0.1) is 0 Å². The van der Waals surface area contributed by atoms with Gasteiger partial charge in [-0.05, 0) is 25.9 Å². The zero-order valence-electron chi connectivity index (χ0n) is 12.2. The minimum atomic E-state index is 0.0547. The second-order valence-corrected chi connectivity index (χ2v) is 5.27. The maximum Gasteiger partial charge on any atom is 0.152 e. The molecule has 0 amide bonds. The molecule has 0 heterocycles. The van der Waals surface area contributed by atoms with Crippen molar-refractivity contribution >= 4 is 5.78 Å². The SMILES string of the molecule is CCN[C@@H](CCCCNC(C)C)C(=O)C(C)C. The van der Waals surface area contributed by atoms with Crippen molar-refractivity contribution in [2.45, 2.75) is 66.0 Å². The Bertz CT molecular complexity index is 202. The molecule has 0 unspecified atom stereocenters. The van der Waals surface area contributed by atoms with Crippen LogP contribution in [-0.2, 0) is 4.79 Å². The third-order valence-electron chi connectivity index (χ3n) is 2.84. The van der Waals surface area contributed by atoms with Gasteiger partial charge in [0.1, 0.15) is 0 Å². The van der Waals surface area contributed by atoms with Crippen LogP contribution in [0.4, 0.5) is 0 Å². The Balaban J connectivity index is 3.81. The molecule has 3 nitrogen and oxygen atoms in total. The molecular weight excluding hydrogens is 212 g/mol. The molecule has 102 valence electrons. The lowest BCUT2D eigenvalue weighted by Crippen LogP contribution is -2.39. The van der Waals surface area contributed by atoms with Gasteiger partial charge in [0.2, 0.25) is 0 Å². The second kappa shape index (κ2) is 9.60. The van der Waals surface area contributed by atoms with Crippen LogP contribution in [0.3, 0.4) is 0 Å². The molecule has 17 heavy (non-hydrogen) atoms. The molecule has 0 fully saturated rings. The summed E-state index contributed by atoms with van der Waals surface area (Å²) in [7, 11) is 0. The fraction of sp³-hybridized carbons (Fsp3) is 0.929. The van der Waals surface area contributed by atoms with Crippen molar-refractivity contribution in [3.63, 3.8) is 0 Å². The summed E-state index contributed by atoms with van der Waals surface area (Å²) in [6, 6.07) is 0.607. The highest BCUT2D eigenvalue weighted by Crippen LogP contribution is 2.07. The Hall–Kier alpha value is -0.410. The monoisotopic (exact) mass is 242 g/mol. The molecule has 0 radical (unpaired) electrons. The van der Waals surface area contributed by atoms with Gasteiger partial charge in [0.05, 0.1) is 6.04 Å². The van der Waals surface area contributed by atoms with Crippen LogP contribution >= 0.6 is 0 Å². The van der Waals surface area contributed by atoms with Crippen LogP contribution in [0.2, 0.25) is 0 Å². The maximum absolute atomic E-state index is 11.9. The first-order chi connectivity index (χ1) is 7.99. The minimum absolute atomic E-state index is 0.0547. The summed E-state index contributed by atoms with van der Waals surface area (Å²) < 4.78 is 0. The number of unbranched alkanes of at least 4 members (excludes halogenated alkanes) is 1. The van der Waals surface area contributed by atoms with Crippen LogP contribution < -0.4 is 10.6 Å². The molecule has 0 rings (SSSR count). The molecule has 0 saturated heterocycles. The van der Waals surface area contributed by atoms with Crippen molar-refractivity contribution in [1.82, 2.24) is 10.6 Å².